The van der Waals surface area contributed by atoms with E-state index in [0.717, 1.165) is 18.4 Å². The fraction of sp³-hybridized carbons (Fsp3) is 0.357. The van der Waals surface area contributed by atoms with Gasteiger partial charge in [0.05, 0.1) is 6.07 Å². The van der Waals surface area contributed by atoms with Gasteiger partial charge in [-0.25, -0.2) is 0 Å². The smallest absolute Gasteiger partial charge is 0.109 e. The lowest BCUT2D eigenvalue weighted by atomic mass is 9.88. The Morgan fingerprint density at radius 3 is 2.62 bits per heavy atom. The van der Waals surface area contributed by atoms with Crippen molar-refractivity contribution in [2.75, 3.05) is 0 Å². The first-order valence-corrected chi connectivity index (χ1v) is 5.58. The van der Waals surface area contributed by atoms with Crippen LogP contribution >= 0.6 is 0 Å². The first kappa shape index (κ1) is 12.5. The van der Waals surface area contributed by atoms with Gasteiger partial charge in [0.15, 0.2) is 0 Å². The third-order valence-electron chi connectivity index (χ3n) is 2.62. The predicted octanol–water partition coefficient (Wildman–Crippen LogP) is 3.14. The van der Waals surface area contributed by atoms with Crippen LogP contribution in [-0.2, 0) is 5.60 Å². The number of hydrogen-bond donors (Lipinski definition) is 1. The normalized spacial score (nSPS) is 14.6. The first-order valence-electron chi connectivity index (χ1n) is 5.58. The van der Waals surface area contributed by atoms with Crippen LogP contribution in [0.5, 0.6) is 0 Å². The van der Waals surface area contributed by atoms with Gasteiger partial charge in [-0.15, -0.1) is 0 Å². The molecule has 16 heavy (non-hydrogen) atoms. The number of rotatable bonds is 5. The monoisotopic (exact) mass is 215 g/mol. The van der Waals surface area contributed by atoms with Crippen LogP contribution in [0, 0.1) is 11.3 Å². The Labute approximate surface area is 96.8 Å². The van der Waals surface area contributed by atoms with E-state index < -0.39 is 5.60 Å². The summed E-state index contributed by atoms with van der Waals surface area (Å²) < 4.78 is 0. The van der Waals surface area contributed by atoms with Crippen molar-refractivity contribution in [3.63, 3.8) is 0 Å². The molecule has 0 saturated carbocycles. The van der Waals surface area contributed by atoms with E-state index in [1.54, 1.807) is 6.08 Å². The van der Waals surface area contributed by atoms with E-state index in [-0.39, 0.29) is 0 Å². The summed E-state index contributed by atoms with van der Waals surface area (Å²) in [4.78, 5) is 0. The SMILES string of the molecule is CCCCC(O)(/C=C\C#N)c1ccccc1. The van der Waals surface area contributed by atoms with E-state index in [0.29, 0.717) is 6.42 Å². The van der Waals surface area contributed by atoms with Crippen LogP contribution in [0.3, 0.4) is 0 Å². The van der Waals surface area contributed by atoms with E-state index in [1.807, 2.05) is 36.4 Å². The van der Waals surface area contributed by atoms with Gasteiger partial charge >= 0.3 is 0 Å². The molecule has 0 heterocycles. The Kier molecular flexibility index (Phi) is 4.75. The molecule has 0 amide bonds. The third-order valence-corrected chi connectivity index (χ3v) is 2.62. The number of nitrogens with zero attached hydrogens (tertiary/aromatic N) is 1. The van der Waals surface area contributed by atoms with Crippen molar-refractivity contribution in [3.05, 3.63) is 48.0 Å². The number of allylic oxidation sites excluding steroid dienone is 1. The predicted molar refractivity (Wildman–Crippen MR) is 64.6 cm³/mol. The minimum absolute atomic E-state index is 0.645. The van der Waals surface area contributed by atoms with Gasteiger partial charge in [0.2, 0.25) is 0 Å². The summed E-state index contributed by atoms with van der Waals surface area (Å²) in [5.41, 5.74) is -0.164. The highest BCUT2D eigenvalue weighted by molar-refractivity contribution is 5.28. The molecule has 0 aliphatic carbocycles. The molecular formula is C14H17NO. The highest BCUT2D eigenvalue weighted by atomic mass is 16.3. The van der Waals surface area contributed by atoms with Crippen LogP contribution < -0.4 is 0 Å². The first-order chi connectivity index (χ1) is 7.73. The topological polar surface area (TPSA) is 44.0 Å². The molecule has 0 bridgehead atoms. The molecule has 1 aromatic carbocycles. The summed E-state index contributed by atoms with van der Waals surface area (Å²) in [7, 11) is 0. The summed E-state index contributed by atoms with van der Waals surface area (Å²) in [6.07, 6.45) is 5.53. The lowest BCUT2D eigenvalue weighted by Crippen LogP contribution is -2.22. The minimum atomic E-state index is -1.01. The molecule has 1 unspecified atom stereocenters. The second kappa shape index (κ2) is 6.09. The van der Waals surface area contributed by atoms with E-state index in [1.165, 1.54) is 6.08 Å². The van der Waals surface area contributed by atoms with Crippen molar-refractivity contribution >= 4 is 0 Å². The van der Waals surface area contributed by atoms with Gasteiger partial charge in [0.1, 0.15) is 5.60 Å². The second-order valence-electron chi connectivity index (χ2n) is 3.86. The van der Waals surface area contributed by atoms with Crippen LogP contribution in [0.25, 0.3) is 0 Å². The Morgan fingerprint density at radius 2 is 2.06 bits per heavy atom. The van der Waals surface area contributed by atoms with Crippen LogP contribution in [0.15, 0.2) is 42.5 Å². The average molecular weight is 215 g/mol. The summed E-state index contributed by atoms with van der Waals surface area (Å²) in [6, 6.07) is 11.4. The Balaban J connectivity index is 2.95. The molecule has 0 saturated heterocycles. The lowest BCUT2D eigenvalue weighted by molar-refractivity contribution is 0.0770. The van der Waals surface area contributed by atoms with Crippen molar-refractivity contribution in [3.8, 4) is 6.07 Å². The van der Waals surface area contributed by atoms with Crippen LogP contribution in [0.4, 0.5) is 0 Å². The standard InChI is InChI=1S/C14H17NO/c1-2-3-10-14(16,11-7-12-15)13-8-5-4-6-9-13/h4-9,11,16H,2-3,10H2,1H3/b11-7-. The molecule has 0 aliphatic rings. The van der Waals surface area contributed by atoms with Crippen molar-refractivity contribution in [2.24, 2.45) is 0 Å². The highest BCUT2D eigenvalue weighted by Crippen LogP contribution is 2.28. The van der Waals surface area contributed by atoms with E-state index in [9.17, 15) is 5.11 Å². The van der Waals surface area contributed by atoms with Gasteiger partial charge in [-0.05, 0) is 18.1 Å². The number of aliphatic hydroxyl groups is 1. The summed E-state index contributed by atoms with van der Waals surface area (Å²) in [5.74, 6) is 0. The highest BCUT2D eigenvalue weighted by Gasteiger charge is 2.24. The Morgan fingerprint density at radius 1 is 1.38 bits per heavy atom. The van der Waals surface area contributed by atoms with Crippen molar-refractivity contribution in [1.29, 1.82) is 5.26 Å². The van der Waals surface area contributed by atoms with Gasteiger partial charge in [-0.1, -0.05) is 50.1 Å². The van der Waals surface area contributed by atoms with Crippen molar-refractivity contribution in [1.82, 2.24) is 0 Å². The molecule has 2 heteroatoms. The molecule has 1 aromatic rings. The largest absolute Gasteiger partial charge is 0.381 e. The van der Waals surface area contributed by atoms with Gasteiger partial charge < -0.3 is 5.11 Å². The van der Waals surface area contributed by atoms with Crippen molar-refractivity contribution < 1.29 is 5.11 Å². The molecule has 0 fully saturated rings. The summed E-state index contributed by atoms with van der Waals surface area (Å²) >= 11 is 0. The molecule has 0 radical (unpaired) electrons. The zero-order chi connectivity index (χ0) is 11.9. The van der Waals surface area contributed by atoms with Gasteiger partial charge in [-0.3, -0.25) is 0 Å². The van der Waals surface area contributed by atoms with Crippen molar-refractivity contribution in [2.45, 2.75) is 31.8 Å². The van der Waals surface area contributed by atoms with Gasteiger partial charge in [0, 0.05) is 6.08 Å². The molecule has 0 spiro atoms. The van der Waals surface area contributed by atoms with Gasteiger partial charge in [-0.2, -0.15) is 5.26 Å². The summed E-state index contributed by atoms with van der Waals surface area (Å²) in [6.45, 7) is 2.08. The fourth-order valence-electron chi connectivity index (χ4n) is 1.67. The molecule has 0 aliphatic heterocycles. The maximum Gasteiger partial charge on any atom is 0.109 e. The number of unbranched alkanes of at least 4 members (excludes halogenated alkanes) is 1. The quantitative estimate of drug-likeness (QED) is 0.767. The molecule has 0 aromatic heterocycles. The molecule has 2 nitrogen and oxygen atoms in total. The zero-order valence-electron chi connectivity index (χ0n) is 9.56. The van der Waals surface area contributed by atoms with E-state index >= 15 is 0 Å². The maximum absolute atomic E-state index is 10.5. The minimum Gasteiger partial charge on any atom is -0.381 e. The molecule has 1 rings (SSSR count). The average Bonchev–Trinajstić information content (AvgIpc) is 2.35. The lowest BCUT2D eigenvalue weighted by Gasteiger charge is -2.24. The number of hydrogen-bond acceptors (Lipinski definition) is 2. The molecular weight excluding hydrogens is 198 g/mol. The Hall–Kier alpha value is -1.59. The van der Waals surface area contributed by atoms with Gasteiger partial charge in [0.25, 0.3) is 0 Å². The maximum atomic E-state index is 10.5. The summed E-state index contributed by atoms with van der Waals surface area (Å²) in [5, 5.41) is 19.1. The number of nitriles is 1. The molecule has 84 valence electrons. The Bertz CT molecular complexity index is 377. The van der Waals surface area contributed by atoms with E-state index in [4.69, 9.17) is 5.26 Å². The third kappa shape index (κ3) is 3.22. The number of benzene rings is 1. The zero-order valence-corrected chi connectivity index (χ0v) is 9.56. The molecule has 1 N–H and O–H groups in total. The van der Waals surface area contributed by atoms with Crippen LogP contribution in [-0.4, -0.2) is 5.11 Å². The second-order valence-corrected chi connectivity index (χ2v) is 3.86. The fourth-order valence-corrected chi connectivity index (χ4v) is 1.67. The van der Waals surface area contributed by atoms with Crippen LogP contribution in [0.2, 0.25) is 0 Å². The molecule has 1 atom stereocenters. The van der Waals surface area contributed by atoms with Crippen LogP contribution in [0.1, 0.15) is 31.7 Å². The van der Waals surface area contributed by atoms with E-state index in [2.05, 4.69) is 6.92 Å².